The SMILES string of the molecule is CC(C)c1nnc2ccc(O)cn12. The molecule has 13 heavy (non-hydrogen) atoms. The van der Waals surface area contributed by atoms with Gasteiger partial charge in [-0.15, -0.1) is 10.2 Å². The number of fused-ring (bicyclic) bond motifs is 1. The molecular weight excluding hydrogens is 166 g/mol. The fourth-order valence-corrected chi connectivity index (χ4v) is 1.29. The van der Waals surface area contributed by atoms with E-state index in [1.54, 1.807) is 22.7 Å². The molecule has 0 saturated carbocycles. The average Bonchev–Trinajstić information content (AvgIpc) is 2.46. The van der Waals surface area contributed by atoms with Crippen LogP contribution in [0.4, 0.5) is 0 Å². The minimum Gasteiger partial charge on any atom is -0.506 e. The minimum atomic E-state index is 0.231. The first-order valence-electron chi connectivity index (χ1n) is 4.22. The number of hydrogen-bond acceptors (Lipinski definition) is 3. The lowest BCUT2D eigenvalue weighted by Crippen LogP contribution is -1.95. The summed E-state index contributed by atoms with van der Waals surface area (Å²) in [7, 11) is 0. The number of pyridine rings is 1. The van der Waals surface area contributed by atoms with E-state index in [1.165, 1.54) is 0 Å². The first kappa shape index (κ1) is 8.04. The van der Waals surface area contributed by atoms with Crippen LogP contribution in [0.25, 0.3) is 5.65 Å². The second-order valence-corrected chi connectivity index (χ2v) is 3.33. The van der Waals surface area contributed by atoms with E-state index in [0.717, 1.165) is 11.5 Å². The molecule has 68 valence electrons. The van der Waals surface area contributed by atoms with E-state index in [9.17, 15) is 5.11 Å². The van der Waals surface area contributed by atoms with E-state index in [1.807, 2.05) is 13.8 Å². The smallest absolute Gasteiger partial charge is 0.161 e. The van der Waals surface area contributed by atoms with Gasteiger partial charge in [-0.1, -0.05) is 13.8 Å². The van der Waals surface area contributed by atoms with Crippen molar-refractivity contribution in [2.75, 3.05) is 0 Å². The maximum Gasteiger partial charge on any atom is 0.161 e. The van der Waals surface area contributed by atoms with E-state index >= 15 is 0 Å². The topological polar surface area (TPSA) is 50.4 Å². The predicted molar refractivity (Wildman–Crippen MR) is 48.7 cm³/mol. The van der Waals surface area contributed by atoms with Crippen molar-refractivity contribution in [2.45, 2.75) is 19.8 Å². The summed E-state index contributed by atoms with van der Waals surface area (Å²) < 4.78 is 1.81. The molecule has 0 aliphatic carbocycles. The summed E-state index contributed by atoms with van der Waals surface area (Å²) in [6.07, 6.45) is 1.63. The van der Waals surface area contributed by atoms with Crippen LogP contribution in [0.5, 0.6) is 5.75 Å². The molecule has 2 heterocycles. The van der Waals surface area contributed by atoms with Crippen molar-refractivity contribution in [1.82, 2.24) is 14.6 Å². The molecule has 4 heteroatoms. The third-order valence-corrected chi connectivity index (χ3v) is 1.93. The molecule has 0 radical (unpaired) electrons. The number of nitrogens with zero attached hydrogens (tertiary/aromatic N) is 3. The fourth-order valence-electron chi connectivity index (χ4n) is 1.29. The highest BCUT2D eigenvalue weighted by atomic mass is 16.3. The van der Waals surface area contributed by atoms with E-state index < -0.39 is 0 Å². The Morgan fingerprint density at radius 1 is 1.31 bits per heavy atom. The van der Waals surface area contributed by atoms with Crippen molar-refractivity contribution in [1.29, 1.82) is 0 Å². The molecular formula is C9H11N3O. The summed E-state index contributed by atoms with van der Waals surface area (Å²) in [5.74, 6) is 1.40. The van der Waals surface area contributed by atoms with Gasteiger partial charge in [-0.3, -0.25) is 4.40 Å². The van der Waals surface area contributed by atoms with Gasteiger partial charge >= 0.3 is 0 Å². The lowest BCUT2D eigenvalue weighted by molar-refractivity contribution is 0.471. The molecule has 2 aromatic heterocycles. The molecule has 2 aromatic rings. The molecule has 0 saturated heterocycles. The van der Waals surface area contributed by atoms with Crippen molar-refractivity contribution in [2.24, 2.45) is 0 Å². The van der Waals surface area contributed by atoms with Crippen LogP contribution in [-0.4, -0.2) is 19.7 Å². The summed E-state index contributed by atoms with van der Waals surface area (Å²) in [5, 5.41) is 17.3. The van der Waals surface area contributed by atoms with Gasteiger partial charge in [-0.25, -0.2) is 0 Å². The Kier molecular flexibility index (Phi) is 1.69. The van der Waals surface area contributed by atoms with Crippen molar-refractivity contribution < 1.29 is 5.11 Å². The van der Waals surface area contributed by atoms with Crippen molar-refractivity contribution in [3.05, 3.63) is 24.2 Å². The Morgan fingerprint density at radius 2 is 2.08 bits per heavy atom. The standard InChI is InChI=1S/C9H11N3O/c1-6(2)9-11-10-8-4-3-7(13)5-12(8)9/h3-6,13H,1-2H3. The first-order valence-corrected chi connectivity index (χ1v) is 4.22. The zero-order valence-electron chi connectivity index (χ0n) is 7.60. The van der Waals surface area contributed by atoms with Gasteiger partial charge in [-0.2, -0.15) is 0 Å². The molecule has 0 bridgehead atoms. The Balaban J connectivity index is 2.71. The normalized spacial score (nSPS) is 11.3. The molecule has 0 aromatic carbocycles. The van der Waals surface area contributed by atoms with Crippen LogP contribution < -0.4 is 0 Å². The first-order chi connectivity index (χ1) is 6.18. The molecule has 0 spiro atoms. The number of hydrogen-bond donors (Lipinski definition) is 1. The maximum absolute atomic E-state index is 9.28. The van der Waals surface area contributed by atoms with Crippen LogP contribution in [0, 0.1) is 0 Å². The summed E-state index contributed by atoms with van der Waals surface area (Å²) in [4.78, 5) is 0. The van der Waals surface area contributed by atoms with Crippen molar-refractivity contribution >= 4 is 5.65 Å². The van der Waals surface area contributed by atoms with Crippen LogP contribution in [0.2, 0.25) is 0 Å². The number of rotatable bonds is 1. The second kappa shape index (κ2) is 2.73. The predicted octanol–water partition coefficient (Wildman–Crippen LogP) is 1.56. The molecule has 0 atom stereocenters. The molecule has 1 N–H and O–H groups in total. The lowest BCUT2D eigenvalue weighted by Gasteiger charge is -2.01. The monoisotopic (exact) mass is 177 g/mol. The third-order valence-electron chi connectivity index (χ3n) is 1.93. The highest BCUT2D eigenvalue weighted by Gasteiger charge is 2.08. The molecule has 2 rings (SSSR count). The van der Waals surface area contributed by atoms with Gasteiger partial charge in [0.05, 0.1) is 6.20 Å². The Morgan fingerprint density at radius 3 is 2.77 bits per heavy atom. The van der Waals surface area contributed by atoms with Crippen LogP contribution in [0.1, 0.15) is 25.6 Å². The maximum atomic E-state index is 9.28. The zero-order chi connectivity index (χ0) is 9.42. The van der Waals surface area contributed by atoms with Crippen molar-refractivity contribution in [3.8, 4) is 5.75 Å². The van der Waals surface area contributed by atoms with Gasteiger partial charge < -0.3 is 5.11 Å². The highest BCUT2D eigenvalue weighted by Crippen LogP contribution is 2.16. The Hall–Kier alpha value is -1.58. The van der Waals surface area contributed by atoms with Gasteiger partial charge in [0.25, 0.3) is 0 Å². The van der Waals surface area contributed by atoms with Crippen LogP contribution in [0.15, 0.2) is 18.3 Å². The fraction of sp³-hybridized carbons (Fsp3) is 0.333. The van der Waals surface area contributed by atoms with Gasteiger partial charge in [0.2, 0.25) is 0 Å². The largest absolute Gasteiger partial charge is 0.506 e. The zero-order valence-corrected chi connectivity index (χ0v) is 7.60. The molecule has 0 fully saturated rings. The van der Waals surface area contributed by atoms with E-state index in [-0.39, 0.29) is 5.75 Å². The highest BCUT2D eigenvalue weighted by molar-refractivity contribution is 5.41. The number of aromatic nitrogens is 3. The summed E-state index contributed by atoms with van der Waals surface area (Å²) in [6, 6.07) is 3.35. The summed E-state index contributed by atoms with van der Waals surface area (Å²) in [5.41, 5.74) is 0.765. The van der Waals surface area contributed by atoms with E-state index in [0.29, 0.717) is 5.92 Å². The Bertz CT molecular complexity index is 433. The second-order valence-electron chi connectivity index (χ2n) is 3.33. The summed E-state index contributed by atoms with van der Waals surface area (Å²) >= 11 is 0. The lowest BCUT2D eigenvalue weighted by atomic mass is 10.2. The van der Waals surface area contributed by atoms with Gasteiger partial charge in [-0.05, 0) is 12.1 Å². The van der Waals surface area contributed by atoms with Crippen molar-refractivity contribution in [3.63, 3.8) is 0 Å². The van der Waals surface area contributed by atoms with E-state index in [2.05, 4.69) is 10.2 Å². The quantitative estimate of drug-likeness (QED) is 0.719. The molecule has 0 unspecified atom stereocenters. The molecule has 0 amide bonds. The Labute approximate surface area is 75.8 Å². The minimum absolute atomic E-state index is 0.231. The van der Waals surface area contributed by atoms with Gasteiger partial charge in [0, 0.05) is 5.92 Å². The summed E-state index contributed by atoms with van der Waals surface area (Å²) in [6.45, 7) is 4.08. The number of aromatic hydroxyl groups is 1. The molecule has 0 aliphatic heterocycles. The average molecular weight is 177 g/mol. The van der Waals surface area contributed by atoms with Gasteiger partial charge in [0.1, 0.15) is 11.6 Å². The third kappa shape index (κ3) is 1.24. The van der Waals surface area contributed by atoms with Crippen LogP contribution in [-0.2, 0) is 0 Å². The van der Waals surface area contributed by atoms with Gasteiger partial charge in [0.15, 0.2) is 5.65 Å². The van der Waals surface area contributed by atoms with Crippen LogP contribution >= 0.6 is 0 Å². The molecule has 0 aliphatic rings. The van der Waals surface area contributed by atoms with E-state index in [4.69, 9.17) is 0 Å². The van der Waals surface area contributed by atoms with Crippen LogP contribution in [0.3, 0.4) is 0 Å². The molecule has 4 nitrogen and oxygen atoms in total.